The Morgan fingerprint density at radius 3 is 2.28 bits per heavy atom. The molecule has 5 aromatic rings. The van der Waals surface area contributed by atoms with Crippen molar-refractivity contribution in [2.45, 2.75) is 13.1 Å². The first-order valence-electron chi connectivity index (χ1n) is 10.1. The van der Waals surface area contributed by atoms with Crippen LogP contribution in [0.15, 0.2) is 89.5 Å². The monoisotopic (exact) mass is 442 g/mol. The lowest BCUT2D eigenvalue weighted by Gasteiger charge is -2.05. The number of halogens is 1. The zero-order chi connectivity index (χ0) is 22.1. The normalized spacial score (nSPS) is 11.2. The van der Waals surface area contributed by atoms with Crippen LogP contribution in [0.3, 0.4) is 0 Å². The van der Waals surface area contributed by atoms with Crippen LogP contribution in [0.5, 0.6) is 0 Å². The van der Waals surface area contributed by atoms with Crippen molar-refractivity contribution in [3.8, 4) is 11.3 Å². The summed E-state index contributed by atoms with van der Waals surface area (Å²) in [4.78, 5) is 13.0. The maximum Gasteiger partial charge on any atom is 0.220 e. The highest BCUT2D eigenvalue weighted by molar-refractivity contribution is 6.30. The molecule has 0 fully saturated rings. The maximum atomic E-state index is 13.0. The Balaban J connectivity index is 1.48. The second-order valence-corrected chi connectivity index (χ2v) is 7.91. The Bertz CT molecular complexity index is 1460. The van der Waals surface area contributed by atoms with E-state index in [9.17, 15) is 4.79 Å². The summed E-state index contributed by atoms with van der Waals surface area (Å²) in [6.45, 7) is 0.481. The number of nitrogens with zero attached hydrogens (tertiary/aromatic N) is 3. The molecule has 7 heteroatoms. The van der Waals surface area contributed by atoms with Gasteiger partial charge in [-0.15, -0.1) is 0 Å². The molecule has 0 saturated heterocycles. The summed E-state index contributed by atoms with van der Waals surface area (Å²) in [5.74, 6) is -0.0714. The molecule has 158 valence electrons. The zero-order valence-electron chi connectivity index (χ0n) is 17.0. The van der Waals surface area contributed by atoms with Crippen LogP contribution in [0.2, 0.25) is 5.02 Å². The van der Waals surface area contributed by atoms with Gasteiger partial charge in [-0.2, -0.15) is 0 Å². The highest BCUT2D eigenvalue weighted by Crippen LogP contribution is 2.20. The molecule has 2 heterocycles. The van der Waals surface area contributed by atoms with Gasteiger partial charge in [-0.3, -0.25) is 10.2 Å². The summed E-state index contributed by atoms with van der Waals surface area (Å²) in [6.07, 6.45) is 0. The predicted molar refractivity (Wildman–Crippen MR) is 123 cm³/mol. The largest absolute Gasteiger partial charge is 0.352 e. The lowest BCUT2D eigenvalue weighted by atomic mass is 10.1. The first kappa shape index (κ1) is 20.0. The number of fused-ring (bicyclic) bond motifs is 1. The number of Topliss-reactive ketones (excluding diaryl/α,β-unsaturated/α-hetero) is 1. The van der Waals surface area contributed by atoms with Crippen molar-refractivity contribution >= 4 is 28.4 Å². The third-order valence-corrected chi connectivity index (χ3v) is 5.64. The summed E-state index contributed by atoms with van der Waals surface area (Å²) in [7, 11) is 0. The minimum atomic E-state index is -0.243. The van der Waals surface area contributed by atoms with E-state index in [-0.39, 0.29) is 23.7 Å². The van der Waals surface area contributed by atoms with E-state index in [1.165, 1.54) is 0 Å². The second kappa shape index (κ2) is 8.32. The van der Waals surface area contributed by atoms with Gasteiger partial charge in [0.15, 0.2) is 0 Å². The fourth-order valence-electron chi connectivity index (χ4n) is 3.76. The van der Waals surface area contributed by atoms with Crippen molar-refractivity contribution < 1.29 is 9.32 Å². The number of rotatable bonds is 6. The number of imidazole rings is 1. The Morgan fingerprint density at radius 1 is 0.906 bits per heavy atom. The number of para-hydroxylation sites is 2. The van der Waals surface area contributed by atoms with Gasteiger partial charge >= 0.3 is 0 Å². The van der Waals surface area contributed by atoms with Gasteiger partial charge in [-0.1, -0.05) is 71.4 Å². The predicted octanol–water partition coefficient (Wildman–Crippen LogP) is 5.16. The summed E-state index contributed by atoms with van der Waals surface area (Å²) in [6, 6.07) is 26.4. The van der Waals surface area contributed by atoms with E-state index in [1.54, 1.807) is 10.6 Å². The number of carbonyl (C=O) groups excluding carboxylic acids is 1. The standard InChI is InChI=1S/C25H19ClN4O2/c26-19-12-10-17(11-13-19)15-29-21-8-4-5-9-22(21)30(25(29)27)16-23(31)24-14-20(28-32-24)18-6-2-1-3-7-18/h1-14,27H,15-16H2. The minimum absolute atomic E-state index is 0.0175. The molecule has 1 N–H and O–H groups in total. The van der Waals surface area contributed by atoms with Crippen LogP contribution >= 0.6 is 11.6 Å². The molecule has 0 bridgehead atoms. The fourth-order valence-corrected chi connectivity index (χ4v) is 3.89. The van der Waals surface area contributed by atoms with Gasteiger partial charge in [-0.25, -0.2) is 0 Å². The van der Waals surface area contributed by atoms with Crippen LogP contribution in [-0.2, 0) is 13.1 Å². The van der Waals surface area contributed by atoms with Crippen LogP contribution < -0.4 is 5.62 Å². The Kier molecular flexibility index (Phi) is 5.21. The first-order valence-corrected chi connectivity index (χ1v) is 10.5. The Morgan fingerprint density at radius 2 is 1.56 bits per heavy atom. The third-order valence-electron chi connectivity index (χ3n) is 5.38. The maximum absolute atomic E-state index is 13.0. The summed E-state index contributed by atoms with van der Waals surface area (Å²) >= 11 is 6.00. The van der Waals surface area contributed by atoms with Crippen LogP contribution in [-0.4, -0.2) is 20.1 Å². The average Bonchev–Trinajstić information content (AvgIpc) is 3.41. The number of aromatic nitrogens is 3. The second-order valence-electron chi connectivity index (χ2n) is 7.48. The Labute approximate surface area is 188 Å². The molecule has 32 heavy (non-hydrogen) atoms. The number of benzene rings is 3. The average molecular weight is 443 g/mol. The van der Waals surface area contributed by atoms with E-state index in [0.29, 0.717) is 17.3 Å². The highest BCUT2D eigenvalue weighted by atomic mass is 35.5. The molecule has 0 aliphatic carbocycles. The molecule has 6 nitrogen and oxygen atoms in total. The van der Waals surface area contributed by atoms with Crippen molar-refractivity contribution in [1.29, 1.82) is 5.41 Å². The quantitative estimate of drug-likeness (QED) is 0.369. The highest BCUT2D eigenvalue weighted by Gasteiger charge is 2.18. The molecule has 2 aromatic heterocycles. The molecular weight excluding hydrogens is 424 g/mol. The van der Waals surface area contributed by atoms with Gasteiger partial charge in [0.1, 0.15) is 5.69 Å². The molecule has 0 atom stereocenters. The van der Waals surface area contributed by atoms with Crippen molar-refractivity contribution in [3.63, 3.8) is 0 Å². The molecule has 0 saturated carbocycles. The van der Waals surface area contributed by atoms with E-state index in [1.807, 2.05) is 83.4 Å². The molecule has 0 radical (unpaired) electrons. The SMILES string of the molecule is N=c1n(CC(=O)c2cc(-c3ccccc3)no2)c2ccccc2n1Cc1ccc(Cl)cc1. The van der Waals surface area contributed by atoms with Crippen molar-refractivity contribution in [2.24, 2.45) is 0 Å². The lowest BCUT2D eigenvalue weighted by Crippen LogP contribution is -2.27. The molecule has 0 unspecified atom stereocenters. The fraction of sp³-hybridized carbons (Fsp3) is 0.0800. The number of hydrogen-bond donors (Lipinski definition) is 1. The summed E-state index contributed by atoms with van der Waals surface area (Å²) in [5, 5.41) is 13.5. The number of ketones is 1. The molecule has 0 amide bonds. The van der Waals surface area contributed by atoms with E-state index in [2.05, 4.69) is 5.16 Å². The van der Waals surface area contributed by atoms with Gasteiger partial charge in [0.2, 0.25) is 17.2 Å². The van der Waals surface area contributed by atoms with Gasteiger partial charge in [0.25, 0.3) is 0 Å². The van der Waals surface area contributed by atoms with Crippen molar-refractivity contribution in [1.82, 2.24) is 14.3 Å². The van der Waals surface area contributed by atoms with Gasteiger partial charge in [-0.05, 0) is 29.8 Å². The van der Waals surface area contributed by atoms with Crippen molar-refractivity contribution in [3.05, 3.63) is 107 Å². The molecule has 0 aliphatic rings. The summed E-state index contributed by atoms with van der Waals surface area (Å²) < 4.78 is 8.89. The summed E-state index contributed by atoms with van der Waals surface area (Å²) in [5.41, 5.74) is 4.42. The molecule has 0 spiro atoms. The van der Waals surface area contributed by atoms with Crippen LogP contribution in [0.25, 0.3) is 22.3 Å². The molecule has 3 aromatic carbocycles. The first-order chi connectivity index (χ1) is 15.6. The zero-order valence-corrected chi connectivity index (χ0v) is 17.8. The van der Waals surface area contributed by atoms with E-state index >= 15 is 0 Å². The lowest BCUT2D eigenvalue weighted by molar-refractivity contribution is 0.0935. The third kappa shape index (κ3) is 3.76. The number of nitrogens with one attached hydrogen (secondary N) is 1. The van der Waals surface area contributed by atoms with Gasteiger partial charge in [0.05, 0.1) is 24.1 Å². The molecule has 0 aliphatic heterocycles. The molecular formula is C25H19ClN4O2. The van der Waals surface area contributed by atoms with Crippen LogP contribution in [0.1, 0.15) is 16.1 Å². The van der Waals surface area contributed by atoms with E-state index in [4.69, 9.17) is 21.5 Å². The van der Waals surface area contributed by atoms with Crippen molar-refractivity contribution in [2.75, 3.05) is 0 Å². The van der Waals surface area contributed by atoms with Crippen LogP contribution in [0, 0.1) is 5.41 Å². The van der Waals surface area contributed by atoms with E-state index < -0.39 is 0 Å². The number of carbonyl (C=O) groups is 1. The topological polar surface area (TPSA) is 76.8 Å². The number of hydrogen-bond acceptors (Lipinski definition) is 4. The van der Waals surface area contributed by atoms with E-state index in [0.717, 1.165) is 22.2 Å². The smallest absolute Gasteiger partial charge is 0.220 e. The molecule has 5 rings (SSSR count). The minimum Gasteiger partial charge on any atom is -0.352 e. The Hall–Kier alpha value is -3.90. The van der Waals surface area contributed by atoms with Gasteiger partial charge in [0, 0.05) is 16.7 Å². The van der Waals surface area contributed by atoms with Crippen LogP contribution in [0.4, 0.5) is 0 Å². The van der Waals surface area contributed by atoms with Gasteiger partial charge < -0.3 is 13.7 Å².